The van der Waals surface area contributed by atoms with Gasteiger partial charge in [-0.2, -0.15) is 0 Å². The molecule has 3 heteroatoms. The molecule has 1 heterocycles. The molecule has 104 valence electrons. The van der Waals surface area contributed by atoms with Gasteiger partial charge in [0.25, 0.3) is 0 Å². The van der Waals surface area contributed by atoms with Gasteiger partial charge in [0.2, 0.25) is 0 Å². The van der Waals surface area contributed by atoms with Gasteiger partial charge < -0.3 is 0 Å². The van der Waals surface area contributed by atoms with E-state index in [2.05, 4.69) is 29.6 Å². The molecule has 0 aliphatic carbocycles. The Morgan fingerprint density at radius 3 is 2.00 bits per heavy atom. The second kappa shape index (κ2) is 6.48. The lowest BCUT2D eigenvalue weighted by Gasteiger charge is -2.08. The van der Waals surface area contributed by atoms with E-state index in [1.807, 2.05) is 36.4 Å². The Morgan fingerprint density at radius 1 is 0.857 bits per heavy atom. The Labute approximate surface area is 138 Å². The summed E-state index contributed by atoms with van der Waals surface area (Å²) in [5.74, 6) is 0. The normalized spacial score (nSPS) is 11.6. The number of rotatable bonds is 3. The molecule has 3 rings (SSSR count). The Balaban J connectivity index is 2.25. The van der Waals surface area contributed by atoms with Gasteiger partial charge in [-0.05, 0) is 16.5 Å². The number of hydrogen-bond acceptors (Lipinski definition) is 1. The first-order chi connectivity index (χ1) is 10.3. The molecular weight excluding hydrogens is 319 g/mol. The molecule has 0 aliphatic heterocycles. The molecule has 0 unspecified atom stereocenters. The standard InChI is InChI=1S/C18H12Cl2S/c19-11-16(20)18-17(14-9-5-2-6-10-14)15(12-21-18)13-7-3-1-4-8-13/h1-12H/b16-11-. The zero-order valence-corrected chi connectivity index (χ0v) is 13.4. The SMILES string of the molecule is Cl/C=C(\Cl)c1scc(-c2ccccc2)c1-c1ccccc1. The quantitative estimate of drug-likeness (QED) is 0.492. The van der Waals surface area contributed by atoms with E-state index in [1.54, 1.807) is 11.3 Å². The van der Waals surface area contributed by atoms with Crippen LogP contribution in [-0.2, 0) is 0 Å². The van der Waals surface area contributed by atoms with Crippen LogP contribution in [0.3, 0.4) is 0 Å². The van der Waals surface area contributed by atoms with Crippen molar-refractivity contribution in [1.82, 2.24) is 0 Å². The highest BCUT2D eigenvalue weighted by Crippen LogP contribution is 2.43. The first-order valence-electron chi connectivity index (χ1n) is 6.50. The van der Waals surface area contributed by atoms with Crippen LogP contribution in [0.15, 0.2) is 71.6 Å². The minimum Gasteiger partial charge on any atom is -0.142 e. The van der Waals surface area contributed by atoms with Crippen molar-refractivity contribution in [3.63, 3.8) is 0 Å². The minimum atomic E-state index is 0.572. The van der Waals surface area contributed by atoms with Gasteiger partial charge in [-0.25, -0.2) is 0 Å². The number of benzene rings is 2. The van der Waals surface area contributed by atoms with Crippen molar-refractivity contribution in [3.8, 4) is 22.3 Å². The zero-order valence-electron chi connectivity index (χ0n) is 11.1. The van der Waals surface area contributed by atoms with Crippen LogP contribution < -0.4 is 0 Å². The fraction of sp³-hybridized carbons (Fsp3) is 0. The molecule has 0 spiro atoms. The molecule has 21 heavy (non-hydrogen) atoms. The Morgan fingerprint density at radius 2 is 1.43 bits per heavy atom. The van der Waals surface area contributed by atoms with E-state index in [0.717, 1.165) is 16.0 Å². The predicted octanol–water partition coefficient (Wildman–Crippen LogP) is 6.86. The van der Waals surface area contributed by atoms with Gasteiger partial charge in [-0.15, -0.1) is 11.3 Å². The van der Waals surface area contributed by atoms with Crippen LogP contribution in [0.2, 0.25) is 0 Å². The third kappa shape index (κ3) is 2.91. The summed E-state index contributed by atoms with van der Waals surface area (Å²) < 4.78 is 0. The summed E-state index contributed by atoms with van der Waals surface area (Å²) in [7, 11) is 0. The summed E-state index contributed by atoms with van der Waals surface area (Å²) in [6.45, 7) is 0. The molecule has 0 atom stereocenters. The fourth-order valence-electron chi connectivity index (χ4n) is 2.30. The topological polar surface area (TPSA) is 0 Å². The van der Waals surface area contributed by atoms with Gasteiger partial charge in [-0.1, -0.05) is 83.9 Å². The highest BCUT2D eigenvalue weighted by molar-refractivity contribution is 7.13. The summed E-state index contributed by atoms with van der Waals surface area (Å²) in [5, 5.41) is 2.71. The third-order valence-corrected chi connectivity index (χ3v) is 5.00. The number of thiophene rings is 1. The van der Waals surface area contributed by atoms with Crippen LogP contribution >= 0.6 is 34.5 Å². The second-order valence-electron chi connectivity index (χ2n) is 4.54. The van der Waals surface area contributed by atoms with Crippen molar-refractivity contribution < 1.29 is 0 Å². The van der Waals surface area contributed by atoms with Gasteiger partial charge in [0.1, 0.15) is 0 Å². The van der Waals surface area contributed by atoms with Crippen molar-refractivity contribution in [3.05, 3.63) is 76.5 Å². The maximum Gasteiger partial charge on any atom is 0.0697 e. The summed E-state index contributed by atoms with van der Waals surface area (Å²) in [4.78, 5) is 0.997. The molecular formula is C18H12Cl2S. The van der Waals surface area contributed by atoms with Crippen molar-refractivity contribution in [1.29, 1.82) is 0 Å². The first kappa shape index (κ1) is 14.4. The smallest absolute Gasteiger partial charge is 0.0697 e. The zero-order chi connectivity index (χ0) is 14.7. The Bertz CT molecular complexity index is 758. The minimum absolute atomic E-state index is 0.572. The molecule has 0 nitrogen and oxygen atoms in total. The van der Waals surface area contributed by atoms with Crippen molar-refractivity contribution in [2.24, 2.45) is 0 Å². The molecule has 0 saturated carbocycles. The van der Waals surface area contributed by atoms with E-state index in [4.69, 9.17) is 23.2 Å². The van der Waals surface area contributed by atoms with Gasteiger partial charge in [0, 0.05) is 16.7 Å². The third-order valence-electron chi connectivity index (χ3n) is 3.25. The van der Waals surface area contributed by atoms with E-state index in [-0.39, 0.29) is 0 Å². The molecule has 0 saturated heterocycles. The molecule has 2 aromatic carbocycles. The summed E-state index contributed by atoms with van der Waals surface area (Å²) in [6, 6.07) is 20.6. The Hall–Kier alpha value is -1.54. The number of halogens is 2. The lowest BCUT2D eigenvalue weighted by molar-refractivity contribution is 1.63. The lowest BCUT2D eigenvalue weighted by atomic mass is 9.97. The number of hydrogen-bond donors (Lipinski definition) is 0. The van der Waals surface area contributed by atoms with Crippen molar-refractivity contribution in [2.45, 2.75) is 0 Å². The van der Waals surface area contributed by atoms with Gasteiger partial charge in [-0.3, -0.25) is 0 Å². The van der Waals surface area contributed by atoms with E-state index in [1.165, 1.54) is 16.7 Å². The summed E-state index contributed by atoms with van der Waals surface area (Å²) in [5.41, 5.74) is 6.06. The molecule has 0 bridgehead atoms. The van der Waals surface area contributed by atoms with Crippen LogP contribution in [0.5, 0.6) is 0 Å². The van der Waals surface area contributed by atoms with Gasteiger partial charge in [0.05, 0.1) is 9.91 Å². The van der Waals surface area contributed by atoms with Crippen LogP contribution in [-0.4, -0.2) is 0 Å². The second-order valence-corrected chi connectivity index (χ2v) is 6.05. The van der Waals surface area contributed by atoms with Crippen LogP contribution in [0.25, 0.3) is 27.3 Å². The predicted molar refractivity (Wildman–Crippen MR) is 94.9 cm³/mol. The van der Waals surface area contributed by atoms with Crippen LogP contribution in [0.1, 0.15) is 4.88 Å². The Kier molecular flexibility index (Phi) is 4.45. The molecule has 0 amide bonds. The van der Waals surface area contributed by atoms with Crippen molar-refractivity contribution >= 4 is 39.6 Å². The summed E-state index contributed by atoms with van der Waals surface area (Å²) in [6.07, 6.45) is 0. The molecule has 1 aromatic heterocycles. The van der Waals surface area contributed by atoms with Crippen molar-refractivity contribution in [2.75, 3.05) is 0 Å². The lowest BCUT2D eigenvalue weighted by Crippen LogP contribution is -1.83. The average molecular weight is 331 g/mol. The largest absolute Gasteiger partial charge is 0.142 e. The highest BCUT2D eigenvalue weighted by atomic mass is 35.5. The van der Waals surface area contributed by atoms with E-state index in [9.17, 15) is 0 Å². The van der Waals surface area contributed by atoms with E-state index in [0.29, 0.717) is 5.03 Å². The molecule has 3 aromatic rings. The fourth-order valence-corrected chi connectivity index (χ4v) is 3.71. The van der Waals surface area contributed by atoms with E-state index < -0.39 is 0 Å². The average Bonchev–Trinajstić information content (AvgIpc) is 3.00. The maximum atomic E-state index is 6.29. The van der Waals surface area contributed by atoms with E-state index >= 15 is 0 Å². The molecule has 0 aliphatic rings. The summed E-state index contributed by atoms with van der Waals surface area (Å²) >= 11 is 13.7. The highest BCUT2D eigenvalue weighted by Gasteiger charge is 2.16. The van der Waals surface area contributed by atoms with Crippen LogP contribution in [0.4, 0.5) is 0 Å². The van der Waals surface area contributed by atoms with Gasteiger partial charge in [0.15, 0.2) is 0 Å². The van der Waals surface area contributed by atoms with Crippen LogP contribution in [0, 0.1) is 0 Å². The molecule has 0 N–H and O–H groups in total. The molecule has 0 fully saturated rings. The first-order valence-corrected chi connectivity index (χ1v) is 8.19. The monoisotopic (exact) mass is 330 g/mol. The maximum absolute atomic E-state index is 6.29. The molecule has 0 radical (unpaired) electrons. The van der Waals surface area contributed by atoms with Gasteiger partial charge >= 0.3 is 0 Å².